The maximum atomic E-state index is 3.89. The minimum atomic E-state index is 0.583. The zero-order valence-corrected chi connectivity index (χ0v) is 11.7. The summed E-state index contributed by atoms with van der Waals surface area (Å²) in [5.74, 6) is 0.583. The van der Waals surface area contributed by atoms with Crippen LogP contribution in [0.15, 0.2) is 61.3 Å². The second-order valence-electron chi connectivity index (χ2n) is 4.87. The van der Waals surface area contributed by atoms with Gasteiger partial charge in [0.2, 0.25) is 0 Å². The quantitative estimate of drug-likeness (QED) is 0.652. The first kappa shape index (κ1) is 14.3. The molecule has 0 radical (unpaired) electrons. The van der Waals surface area contributed by atoms with Crippen molar-refractivity contribution >= 4 is 5.69 Å². The number of hydrogen-bond acceptors (Lipinski definition) is 1. The molecule has 0 spiro atoms. The van der Waals surface area contributed by atoms with Crippen molar-refractivity contribution in [1.29, 1.82) is 0 Å². The van der Waals surface area contributed by atoms with Crippen molar-refractivity contribution in [1.82, 2.24) is 0 Å². The Bertz CT molecular complexity index is 423. The molecule has 0 bridgehead atoms. The van der Waals surface area contributed by atoms with Crippen molar-refractivity contribution in [2.24, 2.45) is 5.92 Å². The molecular formula is C17H23N. The molecule has 1 aromatic rings. The Morgan fingerprint density at radius 2 is 1.83 bits per heavy atom. The number of aryl methyl sites for hydroxylation is 1. The fourth-order valence-corrected chi connectivity index (χ4v) is 1.84. The van der Waals surface area contributed by atoms with E-state index in [-0.39, 0.29) is 0 Å². The molecule has 0 aliphatic heterocycles. The highest BCUT2D eigenvalue weighted by Gasteiger charge is 2.10. The van der Waals surface area contributed by atoms with Crippen molar-refractivity contribution < 1.29 is 0 Å². The molecule has 0 aliphatic carbocycles. The standard InChI is InChI=1S/C17H23N/c1-6-8-16(7-2)18(13-14(3)4)17-11-9-15(5)10-12-17/h6-12,14H,1-2,13H2,3-5H3. The lowest BCUT2D eigenvalue weighted by atomic mass is 10.1. The van der Waals surface area contributed by atoms with E-state index in [9.17, 15) is 0 Å². The van der Waals surface area contributed by atoms with E-state index < -0.39 is 0 Å². The topological polar surface area (TPSA) is 3.24 Å². The summed E-state index contributed by atoms with van der Waals surface area (Å²) in [4.78, 5) is 2.28. The summed E-state index contributed by atoms with van der Waals surface area (Å²) >= 11 is 0. The molecule has 0 atom stereocenters. The molecule has 0 saturated heterocycles. The Balaban J connectivity index is 3.11. The average molecular weight is 241 g/mol. The first-order valence-corrected chi connectivity index (χ1v) is 6.37. The van der Waals surface area contributed by atoms with Gasteiger partial charge in [-0.2, -0.15) is 0 Å². The Labute approximate surface area is 111 Å². The van der Waals surface area contributed by atoms with E-state index in [4.69, 9.17) is 0 Å². The number of anilines is 1. The van der Waals surface area contributed by atoms with Crippen molar-refractivity contribution in [2.45, 2.75) is 20.8 Å². The molecule has 0 heterocycles. The molecular weight excluding hydrogens is 218 g/mol. The van der Waals surface area contributed by atoms with Crippen molar-refractivity contribution in [3.05, 3.63) is 66.9 Å². The van der Waals surface area contributed by atoms with E-state index in [0.717, 1.165) is 12.2 Å². The summed E-state index contributed by atoms with van der Waals surface area (Å²) in [5.41, 5.74) is 3.56. The van der Waals surface area contributed by atoms with Crippen LogP contribution in [0.4, 0.5) is 5.69 Å². The van der Waals surface area contributed by atoms with Gasteiger partial charge in [-0.25, -0.2) is 0 Å². The van der Waals surface area contributed by atoms with Gasteiger partial charge in [-0.1, -0.05) is 50.8 Å². The van der Waals surface area contributed by atoms with Gasteiger partial charge in [-0.3, -0.25) is 0 Å². The Morgan fingerprint density at radius 1 is 1.22 bits per heavy atom. The molecule has 1 rings (SSSR count). The molecule has 1 aromatic carbocycles. The van der Waals surface area contributed by atoms with Crippen LogP contribution in [0.3, 0.4) is 0 Å². The molecule has 0 unspecified atom stereocenters. The van der Waals surface area contributed by atoms with Crippen LogP contribution in [0.1, 0.15) is 19.4 Å². The molecule has 0 fully saturated rings. The van der Waals surface area contributed by atoms with E-state index in [2.05, 4.69) is 63.1 Å². The third-order valence-electron chi connectivity index (χ3n) is 2.70. The molecule has 1 nitrogen and oxygen atoms in total. The molecule has 0 aliphatic rings. The zero-order valence-electron chi connectivity index (χ0n) is 11.7. The maximum absolute atomic E-state index is 3.89. The fraction of sp³-hybridized carbons (Fsp3) is 0.294. The molecule has 0 aromatic heterocycles. The minimum absolute atomic E-state index is 0.583. The molecule has 0 N–H and O–H groups in total. The zero-order chi connectivity index (χ0) is 13.5. The average Bonchev–Trinajstić information content (AvgIpc) is 2.34. The van der Waals surface area contributed by atoms with Gasteiger partial charge >= 0.3 is 0 Å². The summed E-state index contributed by atoms with van der Waals surface area (Å²) in [6.45, 7) is 15.2. The summed E-state index contributed by atoms with van der Waals surface area (Å²) in [6, 6.07) is 8.57. The summed E-state index contributed by atoms with van der Waals surface area (Å²) in [6.07, 6.45) is 5.68. The van der Waals surface area contributed by atoms with E-state index >= 15 is 0 Å². The Kier molecular flexibility index (Phi) is 5.44. The predicted octanol–water partition coefficient (Wildman–Crippen LogP) is 4.71. The maximum Gasteiger partial charge on any atom is 0.0410 e. The number of hydrogen-bond donors (Lipinski definition) is 0. The highest BCUT2D eigenvalue weighted by Crippen LogP contribution is 2.22. The van der Waals surface area contributed by atoms with Gasteiger partial charge in [-0.05, 0) is 37.1 Å². The lowest BCUT2D eigenvalue weighted by Crippen LogP contribution is -2.26. The van der Waals surface area contributed by atoms with Gasteiger partial charge in [0.25, 0.3) is 0 Å². The van der Waals surface area contributed by atoms with E-state index in [1.54, 1.807) is 6.08 Å². The summed E-state index contributed by atoms with van der Waals surface area (Å²) in [5, 5.41) is 0. The first-order chi connectivity index (χ1) is 8.58. The summed E-state index contributed by atoms with van der Waals surface area (Å²) in [7, 11) is 0. The lowest BCUT2D eigenvalue weighted by Gasteiger charge is -2.27. The number of rotatable bonds is 6. The SMILES string of the molecule is C=CC=C(C=C)N(CC(C)C)c1ccc(C)cc1. The second kappa shape index (κ2) is 6.85. The van der Waals surface area contributed by atoms with Gasteiger partial charge in [0.15, 0.2) is 0 Å². The van der Waals surface area contributed by atoms with Crippen LogP contribution in [-0.2, 0) is 0 Å². The summed E-state index contributed by atoms with van der Waals surface area (Å²) < 4.78 is 0. The van der Waals surface area contributed by atoms with Crippen molar-refractivity contribution in [2.75, 3.05) is 11.4 Å². The molecule has 18 heavy (non-hydrogen) atoms. The van der Waals surface area contributed by atoms with E-state index in [1.807, 2.05) is 12.2 Å². The van der Waals surface area contributed by atoms with E-state index in [1.165, 1.54) is 11.3 Å². The number of nitrogens with zero attached hydrogens (tertiary/aromatic N) is 1. The molecule has 96 valence electrons. The number of allylic oxidation sites excluding steroid dienone is 3. The van der Waals surface area contributed by atoms with Gasteiger partial charge in [0.05, 0.1) is 0 Å². The largest absolute Gasteiger partial charge is 0.341 e. The van der Waals surface area contributed by atoms with Crippen LogP contribution in [0.5, 0.6) is 0 Å². The van der Waals surface area contributed by atoms with E-state index in [0.29, 0.717) is 5.92 Å². The fourth-order valence-electron chi connectivity index (χ4n) is 1.84. The Morgan fingerprint density at radius 3 is 2.28 bits per heavy atom. The molecule has 0 amide bonds. The third kappa shape index (κ3) is 3.92. The van der Waals surface area contributed by atoms with Gasteiger partial charge in [0.1, 0.15) is 0 Å². The molecule has 1 heteroatoms. The second-order valence-corrected chi connectivity index (χ2v) is 4.87. The Hall–Kier alpha value is -1.76. The van der Waals surface area contributed by atoms with Crippen LogP contribution in [-0.4, -0.2) is 6.54 Å². The lowest BCUT2D eigenvalue weighted by molar-refractivity contribution is 0.643. The predicted molar refractivity (Wildman–Crippen MR) is 81.8 cm³/mol. The van der Waals surface area contributed by atoms with Gasteiger partial charge in [-0.15, -0.1) is 0 Å². The van der Waals surface area contributed by atoms with Crippen LogP contribution in [0, 0.1) is 12.8 Å². The van der Waals surface area contributed by atoms with Crippen LogP contribution >= 0.6 is 0 Å². The van der Waals surface area contributed by atoms with Gasteiger partial charge < -0.3 is 4.90 Å². The smallest absolute Gasteiger partial charge is 0.0410 e. The van der Waals surface area contributed by atoms with Crippen molar-refractivity contribution in [3.8, 4) is 0 Å². The molecule has 0 saturated carbocycles. The first-order valence-electron chi connectivity index (χ1n) is 6.37. The normalized spacial score (nSPS) is 11.4. The highest BCUT2D eigenvalue weighted by atomic mass is 15.1. The van der Waals surface area contributed by atoms with Crippen molar-refractivity contribution in [3.63, 3.8) is 0 Å². The van der Waals surface area contributed by atoms with Crippen LogP contribution < -0.4 is 4.90 Å². The number of benzene rings is 1. The van der Waals surface area contributed by atoms with Crippen LogP contribution in [0.25, 0.3) is 0 Å². The van der Waals surface area contributed by atoms with Crippen LogP contribution in [0.2, 0.25) is 0 Å². The monoisotopic (exact) mass is 241 g/mol. The third-order valence-corrected chi connectivity index (χ3v) is 2.70. The minimum Gasteiger partial charge on any atom is -0.341 e. The highest BCUT2D eigenvalue weighted by molar-refractivity contribution is 5.55. The van der Waals surface area contributed by atoms with Gasteiger partial charge in [0, 0.05) is 17.9 Å².